The minimum atomic E-state index is -0.171. The summed E-state index contributed by atoms with van der Waals surface area (Å²) >= 11 is 0. The van der Waals surface area contributed by atoms with E-state index in [1.165, 1.54) is 6.07 Å². The second kappa shape index (κ2) is 8.62. The largest absolute Gasteiger partial charge is 0.385 e. The van der Waals surface area contributed by atoms with Crippen LogP contribution in [0.25, 0.3) is 0 Å². The molecule has 1 amide bonds. The van der Waals surface area contributed by atoms with E-state index in [0.29, 0.717) is 31.7 Å². The van der Waals surface area contributed by atoms with Crippen molar-refractivity contribution < 1.29 is 13.9 Å². The number of carbonyl (C=O) groups excluding carboxylic acids is 1. The van der Waals surface area contributed by atoms with Crippen molar-refractivity contribution >= 4 is 17.3 Å². The van der Waals surface area contributed by atoms with Crippen LogP contribution in [0.4, 0.5) is 15.8 Å². The number of rotatable bonds is 6. The molecule has 1 saturated heterocycles. The maximum Gasteiger partial charge on any atom is 0.227 e. The van der Waals surface area contributed by atoms with Crippen molar-refractivity contribution in [1.29, 1.82) is 0 Å². The number of halogens is 1. The SMILES string of the molecule is O=C(Nc1ccc(NCCc2ccccc2F)cc1)C1CCOCC1. The highest BCUT2D eigenvalue weighted by Crippen LogP contribution is 2.19. The maximum absolute atomic E-state index is 13.6. The van der Waals surface area contributed by atoms with Crippen molar-refractivity contribution in [3.05, 3.63) is 59.9 Å². The fourth-order valence-corrected chi connectivity index (χ4v) is 2.92. The lowest BCUT2D eigenvalue weighted by Crippen LogP contribution is -2.28. The lowest BCUT2D eigenvalue weighted by molar-refractivity contribution is -0.122. The summed E-state index contributed by atoms with van der Waals surface area (Å²) in [6, 6.07) is 14.4. The van der Waals surface area contributed by atoms with Crippen molar-refractivity contribution in [3.8, 4) is 0 Å². The van der Waals surface area contributed by atoms with Gasteiger partial charge in [-0.2, -0.15) is 0 Å². The second-order valence-corrected chi connectivity index (χ2v) is 6.22. The Morgan fingerprint density at radius 1 is 1.04 bits per heavy atom. The van der Waals surface area contributed by atoms with Crippen LogP contribution >= 0.6 is 0 Å². The molecule has 0 aliphatic carbocycles. The van der Waals surface area contributed by atoms with Crippen LogP contribution in [0.5, 0.6) is 0 Å². The number of anilines is 2. The van der Waals surface area contributed by atoms with E-state index < -0.39 is 0 Å². The molecular weight excluding hydrogens is 319 g/mol. The third-order valence-corrected chi connectivity index (χ3v) is 4.43. The smallest absolute Gasteiger partial charge is 0.227 e. The minimum Gasteiger partial charge on any atom is -0.385 e. The molecule has 132 valence electrons. The summed E-state index contributed by atoms with van der Waals surface area (Å²) in [6.07, 6.45) is 2.18. The van der Waals surface area contributed by atoms with Crippen molar-refractivity contribution in [2.24, 2.45) is 5.92 Å². The van der Waals surface area contributed by atoms with Crippen molar-refractivity contribution in [2.45, 2.75) is 19.3 Å². The van der Waals surface area contributed by atoms with Gasteiger partial charge in [-0.1, -0.05) is 18.2 Å². The molecule has 2 N–H and O–H groups in total. The van der Waals surface area contributed by atoms with Crippen LogP contribution in [0.2, 0.25) is 0 Å². The summed E-state index contributed by atoms with van der Waals surface area (Å²) in [5.41, 5.74) is 2.44. The van der Waals surface area contributed by atoms with Gasteiger partial charge in [0, 0.05) is 37.1 Å². The van der Waals surface area contributed by atoms with Crippen LogP contribution in [0.1, 0.15) is 18.4 Å². The topological polar surface area (TPSA) is 50.4 Å². The molecule has 1 aliphatic rings. The van der Waals surface area contributed by atoms with Gasteiger partial charge in [0.25, 0.3) is 0 Å². The number of carbonyl (C=O) groups is 1. The Labute approximate surface area is 147 Å². The highest BCUT2D eigenvalue weighted by atomic mass is 19.1. The predicted molar refractivity (Wildman–Crippen MR) is 97.2 cm³/mol. The summed E-state index contributed by atoms with van der Waals surface area (Å²) in [5.74, 6) is -0.0774. The molecule has 1 fully saturated rings. The Morgan fingerprint density at radius 3 is 2.44 bits per heavy atom. The molecule has 0 unspecified atom stereocenters. The van der Waals surface area contributed by atoms with E-state index in [-0.39, 0.29) is 17.6 Å². The van der Waals surface area contributed by atoms with Crippen LogP contribution in [0, 0.1) is 11.7 Å². The average molecular weight is 342 g/mol. The van der Waals surface area contributed by atoms with Crippen LogP contribution in [0.3, 0.4) is 0 Å². The summed E-state index contributed by atoms with van der Waals surface area (Å²) in [7, 11) is 0. The first-order valence-corrected chi connectivity index (χ1v) is 8.68. The summed E-state index contributed by atoms with van der Waals surface area (Å²) in [5, 5.41) is 6.22. The van der Waals surface area contributed by atoms with Gasteiger partial charge in [-0.25, -0.2) is 4.39 Å². The Morgan fingerprint density at radius 2 is 1.72 bits per heavy atom. The summed E-state index contributed by atoms with van der Waals surface area (Å²) in [6.45, 7) is 1.96. The monoisotopic (exact) mass is 342 g/mol. The van der Waals surface area contributed by atoms with Crippen LogP contribution in [-0.2, 0) is 16.0 Å². The lowest BCUT2D eigenvalue weighted by atomic mass is 9.99. The zero-order valence-corrected chi connectivity index (χ0v) is 14.1. The molecule has 4 nitrogen and oxygen atoms in total. The zero-order valence-electron chi connectivity index (χ0n) is 14.1. The summed E-state index contributed by atoms with van der Waals surface area (Å²) < 4.78 is 18.8. The van der Waals surface area contributed by atoms with E-state index in [4.69, 9.17) is 4.74 Å². The highest BCUT2D eigenvalue weighted by molar-refractivity contribution is 5.92. The van der Waals surface area contributed by atoms with Gasteiger partial charge in [-0.3, -0.25) is 4.79 Å². The molecule has 0 saturated carbocycles. The van der Waals surface area contributed by atoms with E-state index in [0.717, 1.165) is 24.2 Å². The molecule has 1 aliphatic heterocycles. The molecule has 5 heteroatoms. The number of nitrogens with one attached hydrogen (secondary N) is 2. The molecule has 2 aromatic rings. The van der Waals surface area contributed by atoms with Crippen molar-refractivity contribution in [2.75, 3.05) is 30.4 Å². The van der Waals surface area contributed by atoms with E-state index in [1.54, 1.807) is 12.1 Å². The third-order valence-electron chi connectivity index (χ3n) is 4.43. The van der Waals surface area contributed by atoms with Gasteiger partial charge in [-0.15, -0.1) is 0 Å². The first kappa shape index (κ1) is 17.4. The molecule has 0 bridgehead atoms. The number of benzene rings is 2. The van der Waals surface area contributed by atoms with Gasteiger partial charge in [-0.05, 0) is 55.2 Å². The van der Waals surface area contributed by atoms with Gasteiger partial charge >= 0.3 is 0 Å². The van der Waals surface area contributed by atoms with Crippen LogP contribution < -0.4 is 10.6 Å². The van der Waals surface area contributed by atoms with Gasteiger partial charge in [0.1, 0.15) is 5.82 Å². The van der Waals surface area contributed by atoms with Gasteiger partial charge < -0.3 is 15.4 Å². The van der Waals surface area contributed by atoms with Gasteiger partial charge in [0.05, 0.1) is 0 Å². The van der Waals surface area contributed by atoms with Crippen LogP contribution in [0.15, 0.2) is 48.5 Å². The second-order valence-electron chi connectivity index (χ2n) is 6.22. The maximum atomic E-state index is 13.6. The number of ether oxygens (including phenoxy) is 1. The van der Waals surface area contributed by atoms with Crippen LogP contribution in [-0.4, -0.2) is 25.7 Å². The standard InChI is InChI=1S/C20H23FN2O2/c21-19-4-2-1-3-15(19)9-12-22-17-5-7-18(8-6-17)23-20(24)16-10-13-25-14-11-16/h1-8,16,22H,9-14H2,(H,23,24). The fourth-order valence-electron chi connectivity index (χ4n) is 2.92. The molecule has 1 heterocycles. The van der Waals surface area contributed by atoms with Crippen molar-refractivity contribution in [1.82, 2.24) is 0 Å². The number of amides is 1. The molecule has 0 atom stereocenters. The minimum absolute atomic E-state index is 0.0346. The lowest BCUT2D eigenvalue weighted by Gasteiger charge is -2.21. The Kier molecular flexibility index (Phi) is 6.01. The molecule has 2 aromatic carbocycles. The Hall–Kier alpha value is -2.40. The highest BCUT2D eigenvalue weighted by Gasteiger charge is 2.21. The molecule has 3 rings (SSSR count). The van der Waals surface area contributed by atoms with E-state index in [9.17, 15) is 9.18 Å². The predicted octanol–water partition coefficient (Wildman–Crippen LogP) is 3.85. The molecular formula is C20H23FN2O2. The molecule has 0 spiro atoms. The average Bonchev–Trinajstić information content (AvgIpc) is 2.65. The number of hydrogen-bond acceptors (Lipinski definition) is 3. The van der Waals surface area contributed by atoms with Gasteiger partial charge in [0.15, 0.2) is 0 Å². The van der Waals surface area contributed by atoms with E-state index >= 15 is 0 Å². The molecule has 25 heavy (non-hydrogen) atoms. The van der Waals surface area contributed by atoms with E-state index in [2.05, 4.69) is 10.6 Å². The van der Waals surface area contributed by atoms with Gasteiger partial charge in [0.2, 0.25) is 5.91 Å². The Balaban J connectivity index is 1.47. The quantitative estimate of drug-likeness (QED) is 0.838. The molecule has 0 aromatic heterocycles. The zero-order chi connectivity index (χ0) is 17.5. The summed E-state index contributed by atoms with van der Waals surface area (Å²) in [4.78, 5) is 12.2. The first-order chi connectivity index (χ1) is 12.2. The molecule has 0 radical (unpaired) electrons. The fraction of sp³-hybridized carbons (Fsp3) is 0.350. The Bertz CT molecular complexity index is 697. The first-order valence-electron chi connectivity index (χ1n) is 8.68. The normalized spacial score (nSPS) is 14.9. The third kappa shape index (κ3) is 5.03. The van der Waals surface area contributed by atoms with E-state index in [1.807, 2.05) is 30.3 Å². The number of hydrogen-bond donors (Lipinski definition) is 2. The van der Waals surface area contributed by atoms with Crippen molar-refractivity contribution in [3.63, 3.8) is 0 Å².